The van der Waals surface area contributed by atoms with Crippen molar-refractivity contribution in [3.8, 4) is 22.6 Å². The molecule has 0 bridgehead atoms. The van der Waals surface area contributed by atoms with E-state index in [0.717, 1.165) is 69.7 Å². The number of hydrogen-bond acceptors (Lipinski definition) is 6. The minimum atomic E-state index is -0.973. The fourth-order valence-corrected chi connectivity index (χ4v) is 6.26. The van der Waals surface area contributed by atoms with Crippen LogP contribution in [0.25, 0.3) is 11.1 Å². The van der Waals surface area contributed by atoms with Gasteiger partial charge < -0.3 is 29.6 Å². The van der Waals surface area contributed by atoms with Gasteiger partial charge in [-0.15, -0.1) is 0 Å². The quantitative estimate of drug-likeness (QED) is 0.349. The SMILES string of the molecule is Cc1cc(OCC(CO)CO)cc(C)c1-c1cccc(COc2ccc3c(c2)CC2(CC2)C3CC(=O)[O-])c1C.[Na+]. The molecule has 0 radical (unpaired) electrons. The van der Waals surface area contributed by atoms with Crippen molar-refractivity contribution in [2.75, 3.05) is 19.8 Å². The van der Waals surface area contributed by atoms with Crippen LogP contribution >= 0.6 is 0 Å². The number of aliphatic carboxylic acids is 1. The second kappa shape index (κ2) is 12.7. The fraction of sp³-hybridized carbons (Fsp3) is 0.424. The summed E-state index contributed by atoms with van der Waals surface area (Å²) in [5, 5.41) is 30.0. The van der Waals surface area contributed by atoms with Crippen LogP contribution in [0, 0.1) is 32.1 Å². The van der Waals surface area contributed by atoms with Gasteiger partial charge in [0.2, 0.25) is 0 Å². The van der Waals surface area contributed by atoms with Crippen molar-refractivity contribution >= 4 is 5.97 Å². The van der Waals surface area contributed by atoms with Gasteiger partial charge >= 0.3 is 29.6 Å². The zero-order chi connectivity index (χ0) is 27.7. The number of aliphatic hydroxyl groups excluding tert-OH is 2. The molecular weight excluding hydrogens is 515 g/mol. The molecule has 5 rings (SSSR count). The molecule has 1 atom stereocenters. The molecule has 2 aliphatic carbocycles. The second-order valence-corrected chi connectivity index (χ2v) is 11.4. The largest absolute Gasteiger partial charge is 1.00 e. The Morgan fingerprint density at radius 2 is 1.70 bits per heavy atom. The number of benzene rings is 3. The number of hydrogen-bond donors (Lipinski definition) is 2. The first-order valence-electron chi connectivity index (χ1n) is 13.7. The van der Waals surface area contributed by atoms with E-state index in [9.17, 15) is 20.1 Å². The third kappa shape index (κ3) is 6.27. The topological polar surface area (TPSA) is 99.1 Å². The number of carboxylic acids is 1. The molecule has 1 spiro atoms. The molecular formula is C33H37NaO6. The zero-order valence-electron chi connectivity index (χ0n) is 24.0. The van der Waals surface area contributed by atoms with E-state index in [1.807, 2.05) is 24.3 Å². The van der Waals surface area contributed by atoms with E-state index < -0.39 is 5.97 Å². The summed E-state index contributed by atoms with van der Waals surface area (Å²) in [6.45, 7) is 6.73. The van der Waals surface area contributed by atoms with Gasteiger partial charge in [-0.05, 0) is 127 Å². The van der Waals surface area contributed by atoms with E-state index in [0.29, 0.717) is 6.61 Å². The van der Waals surface area contributed by atoms with Crippen molar-refractivity contribution in [2.45, 2.75) is 59.0 Å². The standard InChI is InChI=1S/C33H38O6.Na/c1-20-11-27(38-18-23(16-34)17-35)12-21(2)32(20)28-6-4-5-24(22(28)3)19-39-26-7-8-29-25(13-26)15-33(9-10-33)30(29)14-31(36)37;/h4-8,11-13,23,30,34-35H,9-10,14-19H2,1-3H3,(H,36,37);/q;+1/p-1. The molecule has 2 aliphatic rings. The molecule has 40 heavy (non-hydrogen) atoms. The van der Waals surface area contributed by atoms with Gasteiger partial charge in [0.15, 0.2) is 0 Å². The molecule has 3 aromatic rings. The van der Waals surface area contributed by atoms with Gasteiger partial charge in [0, 0.05) is 11.9 Å². The molecule has 2 N–H and O–H groups in total. The van der Waals surface area contributed by atoms with Gasteiger partial charge in [0.1, 0.15) is 18.1 Å². The van der Waals surface area contributed by atoms with Crippen molar-refractivity contribution in [1.82, 2.24) is 0 Å². The molecule has 1 saturated carbocycles. The molecule has 0 amide bonds. The summed E-state index contributed by atoms with van der Waals surface area (Å²) in [4.78, 5) is 11.3. The van der Waals surface area contributed by atoms with Crippen LogP contribution in [0.4, 0.5) is 0 Å². The fourth-order valence-electron chi connectivity index (χ4n) is 6.26. The van der Waals surface area contributed by atoms with Crippen LogP contribution in [-0.4, -0.2) is 36.0 Å². The van der Waals surface area contributed by atoms with Crippen molar-refractivity contribution < 1.29 is 59.1 Å². The molecule has 0 aliphatic heterocycles. The predicted octanol–water partition coefficient (Wildman–Crippen LogP) is 1.40. The van der Waals surface area contributed by atoms with E-state index in [4.69, 9.17) is 9.47 Å². The summed E-state index contributed by atoms with van der Waals surface area (Å²) in [7, 11) is 0. The van der Waals surface area contributed by atoms with E-state index in [1.165, 1.54) is 5.56 Å². The smallest absolute Gasteiger partial charge is 0.550 e. The first-order valence-corrected chi connectivity index (χ1v) is 13.7. The molecule has 1 unspecified atom stereocenters. The van der Waals surface area contributed by atoms with E-state index in [-0.39, 0.29) is 73.0 Å². The number of carbonyl (C=O) groups is 1. The molecule has 3 aromatic carbocycles. The minimum absolute atomic E-state index is 0. The maximum absolute atomic E-state index is 11.3. The number of carbonyl (C=O) groups excluding carboxylic acids is 1. The average Bonchev–Trinajstić information content (AvgIpc) is 3.61. The van der Waals surface area contributed by atoms with Crippen LogP contribution in [-0.2, 0) is 17.8 Å². The van der Waals surface area contributed by atoms with Gasteiger partial charge in [0.05, 0.1) is 19.8 Å². The summed E-state index contributed by atoms with van der Waals surface area (Å²) < 4.78 is 12.1. The van der Waals surface area contributed by atoms with Gasteiger partial charge in [-0.2, -0.15) is 0 Å². The average molecular weight is 553 g/mol. The maximum atomic E-state index is 11.3. The van der Waals surface area contributed by atoms with Crippen LogP contribution in [0.15, 0.2) is 48.5 Å². The minimum Gasteiger partial charge on any atom is -0.550 e. The molecule has 0 aromatic heterocycles. The molecule has 0 heterocycles. The maximum Gasteiger partial charge on any atom is 1.00 e. The van der Waals surface area contributed by atoms with E-state index in [1.54, 1.807) is 0 Å². The van der Waals surface area contributed by atoms with Crippen LogP contribution < -0.4 is 44.1 Å². The van der Waals surface area contributed by atoms with Gasteiger partial charge in [0.25, 0.3) is 0 Å². The molecule has 1 fully saturated rings. The van der Waals surface area contributed by atoms with Gasteiger partial charge in [-0.3, -0.25) is 0 Å². The summed E-state index contributed by atoms with van der Waals surface area (Å²) >= 11 is 0. The zero-order valence-corrected chi connectivity index (χ0v) is 26.0. The number of rotatable bonds is 11. The molecule has 6 nitrogen and oxygen atoms in total. The van der Waals surface area contributed by atoms with Crippen molar-refractivity contribution in [1.29, 1.82) is 0 Å². The number of aliphatic hydroxyl groups is 2. The number of fused-ring (bicyclic) bond motifs is 1. The van der Waals surface area contributed by atoms with E-state index >= 15 is 0 Å². The molecule has 0 saturated heterocycles. The van der Waals surface area contributed by atoms with Crippen LogP contribution in [0.3, 0.4) is 0 Å². The molecule has 7 heteroatoms. The summed E-state index contributed by atoms with van der Waals surface area (Å²) in [6.07, 6.45) is 3.18. The third-order valence-electron chi connectivity index (χ3n) is 8.65. The number of aryl methyl sites for hydroxylation is 2. The Labute approximate surface area is 258 Å². The van der Waals surface area contributed by atoms with Crippen molar-refractivity contribution in [3.63, 3.8) is 0 Å². The second-order valence-electron chi connectivity index (χ2n) is 11.4. The van der Waals surface area contributed by atoms with Crippen LogP contribution in [0.5, 0.6) is 11.5 Å². The van der Waals surface area contributed by atoms with Crippen molar-refractivity contribution in [3.05, 3.63) is 81.9 Å². The number of ether oxygens (including phenoxy) is 2. The third-order valence-corrected chi connectivity index (χ3v) is 8.65. The Balaban J connectivity index is 0.00000370. The summed E-state index contributed by atoms with van der Waals surface area (Å²) in [5.41, 5.74) is 9.22. The Morgan fingerprint density at radius 3 is 2.33 bits per heavy atom. The Morgan fingerprint density at radius 1 is 1.00 bits per heavy atom. The summed E-state index contributed by atoms with van der Waals surface area (Å²) in [5.74, 6) is 0.317. The first kappa shape index (κ1) is 30.6. The van der Waals surface area contributed by atoms with Crippen molar-refractivity contribution in [2.24, 2.45) is 11.3 Å². The van der Waals surface area contributed by atoms with Gasteiger partial charge in [-0.1, -0.05) is 24.3 Å². The Kier molecular flexibility index (Phi) is 9.69. The number of carboxylic acid groups (broad SMARTS) is 1. The predicted molar refractivity (Wildman–Crippen MR) is 148 cm³/mol. The Bertz CT molecular complexity index is 1350. The van der Waals surface area contributed by atoms with Crippen LogP contribution in [0.1, 0.15) is 58.6 Å². The van der Waals surface area contributed by atoms with E-state index in [2.05, 4.69) is 45.0 Å². The monoisotopic (exact) mass is 552 g/mol. The Hall–Kier alpha value is -2.35. The van der Waals surface area contributed by atoms with Gasteiger partial charge in [-0.25, -0.2) is 0 Å². The normalized spacial score (nSPS) is 16.5. The first-order chi connectivity index (χ1) is 18.7. The van der Waals surface area contributed by atoms with Crippen LogP contribution in [0.2, 0.25) is 0 Å². The summed E-state index contributed by atoms with van der Waals surface area (Å²) in [6, 6.07) is 16.4. The molecule has 206 valence electrons.